The van der Waals surface area contributed by atoms with Gasteiger partial charge in [0, 0.05) is 11.0 Å². The molecule has 5 nitrogen and oxygen atoms in total. The highest BCUT2D eigenvalue weighted by Gasteiger charge is 2.54. The van der Waals surface area contributed by atoms with Crippen molar-refractivity contribution < 1.29 is 13.7 Å². The Morgan fingerprint density at radius 3 is 2.75 bits per heavy atom. The van der Waals surface area contributed by atoms with Crippen molar-refractivity contribution in [2.24, 2.45) is 0 Å². The number of carbonyl (C=O) groups excluding carboxylic acids is 1. The van der Waals surface area contributed by atoms with E-state index in [1.807, 2.05) is 30.5 Å². The SMILES string of the molecule is CSc1ccccc1NC(=O)C1(c2cc(-c3ccco3)on2)CC1. The first-order valence-corrected chi connectivity index (χ1v) is 8.91. The Balaban J connectivity index is 1.58. The average molecular weight is 340 g/mol. The fraction of sp³-hybridized carbons (Fsp3) is 0.222. The fourth-order valence-electron chi connectivity index (χ4n) is 2.75. The summed E-state index contributed by atoms with van der Waals surface area (Å²) in [6, 6.07) is 13.2. The smallest absolute Gasteiger partial charge is 0.236 e. The molecule has 2 heterocycles. The van der Waals surface area contributed by atoms with Crippen LogP contribution in [0.15, 0.2) is 62.6 Å². The number of carbonyl (C=O) groups is 1. The molecule has 1 aromatic carbocycles. The number of nitrogens with one attached hydrogen (secondary N) is 1. The highest BCUT2D eigenvalue weighted by Crippen LogP contribution is 2.49. The van der Waals surface area contributed by atoms with Crippen LogP contribution in [-0.2, 0) is 10.2 Å². The number of hydrogen-bond acceptors (Lipinski definition) is 5. The van der Waals surface area contributed by atoms with Crippen molar-refractivity contribution in [1.82, 2.24) is 5.16 Å². The third-order valence-corrected chi connectivity index (χ3v) is 5.10. The lowest BCUT2D eigenvalue weighted by molar-refractivity contribution is -0.118. The van der Waals surface area contributed by atoms with Crippen molar-refractivity contribution in [1.29, 1.82) is 0 Å². The summed E-state index contributed by atoms with van der Waals surface area (Å²) in [5.74, 6) is 1.11. The molecule has 24 heavy (non-hydrogen) atoms. The Bertz CT molecular complexity index is 866. The third kappa shape index (κ3) is 2.53. The van der Waals surface area contributed by atoms with E-state index in [0.717, 1.165) is 23.4 Å². The predicted octanol–water partition coefficient (Wildman–Crippen LogP) is 4.33. The second-order valence-corrected chi connectivity index (χ2v) is 6.64. The van der Waals surface area contributed by atoms with Crippen molar-refractivity contribution in [3.8, 4) is 11.5 Å². The number of aromatic nitrogens is 1. The number of amides is 1. The van der Waals surface area contributed by atoms with E-state index in [9.17, 15) is 4.79 Å². The average Bonchev–Trinajstić information content (AvgIpc) is 3.02. The maximum Gasteiger partial charge on any atom is 0.236 e. The molecule has 1 fully saturated rings. The minimum Gasteiger partial charge on any atom is -0.461 e. The number of hydrogen-bond donors (Lipinski definition) is 1. The Morgan fingerprint density at radius 2 is 2.04 bits per heavy atom. The number of rotatable bonds is 5. The summed E-state index contributed by atoms with van der Waals surface area (Å²) in [7, 11) is 0. The minimum atomic E-state index is -0.597. The van der Waals surface area contributed by atoms with E-state index in [0.29, 0.717) is 17.2 Å². The van der Waals surface area contributed by atoms with Crippen LogP contribution in [0.1, 0.15) is 18.5 Å². The molecule has 0 atom stereocenters. The quantitative estimate of drug-likeness (QED) is 0.700. The van der Waals surface area contributed by atoms with Gasteiger partial charge in [-0.25, -0.2) is 0 Å². The summed E-state index contributed by atoms with van der Waals surface area (Å²) in [6.07, 6.45) is 5.11. The lowest BCUT2D eigenvalue weighted by atomic mass is 10.0. The van der Waals surface area contributed by atoms with E-state index in [1.165, 1.54) is 0 Å². The van der Waals surface area contributed by atoms with Gasteiger partial charge in [-0.05, 0) is 43.4 Å². The Morgan fingerprint density at radius 1 is 1.21 bits per heavy atom. The zero-order valence-electron chi connectivity index (χ0n) is 13.1. The topological polar surface area (TPSA) is 68.3 Å². The first kappa shape index (κ1) is 15.1. The van der Waals surface area contributed by atoms with Crippen LogP contribution in [0, 0.1) is 0 Å². The van der Waals surface area contributed by atoms with E-state index in [-0.39, 0.29) is 5.91 Å². The molecule has 0 unspecified atom stereocenters. The molecule has 1 aliphatic carbocycles. The minimum absolute atomic E-state index is 0.0386. The zero-order chi connectivity index (χ0) is 16.6. The number of thioether (sulfide) groups is 1. The molecule has 1 aliphatic rings. The van der Waals surface area contributed by atoms with E-state index in [4.69, 9.17) is 8.94 Å². The Kier molecular flexibility index (Phi) is 3.69. The Hall–Kier alpha value is -2.47. The number of anilines is 1. The van der Waals surface area contributed by atoms with Gasteiger partial charge in [0.25, 0.3) is 0 Å². The van der Waals surface area contributed by atoms with Crippen LogP contribution in [0.5, 0.6) is 0 Å². The maximum absolute atomic E-state index is 12.8. The molecule has 0 saturated heterocycles. The first-order chi connectivity index (χ1) is 11.7. The number of nitrogens with zero attached hydrogens (tertiary/aromatic N) is 1. The van der Waals surface area contributed by atoms with Crippen molar-refractivity contribution in [3.63, 3.8) is 0 Å². The summed E-state index contributed by atoms with van der Waals surface area (Å²) in [4.78, 5) is 13.9. The van der Waals surface area contributed by atoms with E-state index < -0.39 is 5.41 Å². The second-order valence-electron chi connectivity index (χ2n) is 5.79. The molecule has 0 radical (unpaired) electrons. The maximum atomic E-state index is 12.8. The van der Waals surface area contributed by atoms with Crippen LogP contribution in [-0.4, -0.2) is 17.3 Å². The predicted molar refractivity (Wildman–Crippen MR) is 92.0 cm³/mol. The summed E-state index contributed by atoms with van der Waals surface area (Å²) in [6.45, 7) is 0. The molecule has 4 rings (SSSR count). The molecule has 0 spiro atoms. The van der Waals surface area contributed by atoms with Crippen LogP contribution < -0.4 is 5.32 Å². The molecule has 2 aromatic heterocycles. The lowest BCUT2D eigenvalue weighted by Crippen LogP contribution is -2.28. The van der Waals surface area contributed by atoms with Gasteiger partial charge in [-0.2, -0.15) is 0 Å². The largest absolute Gasteiger partial charge is 0.461 e. The number of furan rings is 1. The zero-order valence-corrected chi connectivity index (χ0v) is 13.9. The normalized spacial score (nSPS) is 15.2. The van der Waals surface area contributed by atoms with Gasteiger partial charge >= 0.3 is 0 Å². The summed E-state index contributed by atoms with van der Waals surface area (Å²) in [5, 5.41) is 7.15. The van der Waals surface area contributed by atoms with Gasteiger partial charge in [0.1, 0.15) is 0 Å². The summed E-state index contributed by atoms with van der Waals surface area (Å²) < 4.78 is 10.7. The molecule has 0 bridgehead atoms. The van der Waals surface area contributed by atoms with Crippen molar-refractivity contribution in [3.05, 3.63) is 54.4 Å². The molecule has 1 amide bonds. The van der Waals surface area contributed by atoms with Crippen LogP contribution in [0.25, 0.3) is 11.5 Å². The van der Waals surface area contributed by atoms with Crippen molar-refractivity contribution >= 4 is 23.4 Å². The van der Waals surface area contributed by atoms with E-state index in [2.05, 4.69) is 10.5 Å². The molecular formula is C18H16N2O3S. The van der Waals surface area contributed by atoms with Crippen LogP contribution in [0.4, 0.5) is 5.69 Å². The number of para-hydroxylation sites is 1. The standard InChI is InChI=1S/C18H16N2O3S/c1-24-15-7-3-2-5-12(15)19-17(21)18(8-9-18)16-11-14(23-20-16)13-6-4-10-22-13/h2-7,10-11H,8-9H2,1H3,(H,19,21). The summed E-state index contributed by atoms with van der Waals surface area (Å²) >= 11 is 1.61. The van der Waals surface area contributed by atoms with Crippen molar-refractivity contribution in [2.75, 3.05) is 11.6 Å². The highest BCUT2D eigenvalue weighted by molar-refractivity contribution is 7.98. The number of benzene rings is 1. The molecule has 1 saturated carbocycles. The fourth-order valence-corrected chi connectivity index (χ4v) is 3.30. The molecule has 122 valence electrons. The molecular weight excluding hydrogens is 324 g/mol. The second kappa shape index (κ2) is 5.87. The molecule has 3 aromatic rings. The van der Waals surface area contributed by atoms with Gasteiger partial charge in [0.05, 0.1) is 23.1 Å². The van der Waals surface area contributed by atoms with Gasteiger partial charge < -0.3 is 14.3 Å². The first-order valence-electron chi connectivity index (χ1n) is 7.68. The monoisotopic (exact) mass is 340 g/mol. The third-order valence-electron chi connectivity index (χ3n) is 4.30. The van der Waals surface area contributed by atoms with Gasteiger partial charge in [-0.3, -0.25) is 4.79 Å². The van der Waals surface area contributed by atoms with Crippen LogP contribution >= 0.6 is 11.8 Å². The van der Waals surface area contributed by atoms with Gasteiger partial charge in [0.2, 0.25) is 11.7 Å². The highest BCUT2D eigenvalue weighted by atomic mass is 32.2. The molecule has 1 N–H and O–H groups in total. The van der Waals surface area contributed by atoms with Crippen molar-refractivity contribution in [2.45, 2.75) is 23.2 Å². The van der Waals surface area contributed by atoms with Gasteiger partial charge in [-0.1, -0.05) is 17.3 Å². The Labute approximate surface area is 143 Å². The van der Waals surface area contributed by atoms with E-state index >= 15 is 0 Å². The van der Waals surface area contributed by atoms with Gasteiger partial charge in [-0.15, -0.1) is 11.8 Å². The van der Waals surface area contributed by atoms with Gasteiger partial charge in [0.15, 0.2) is 5.76 Å². The summed E-state index contributed by atoms with van der Waals surface area (Å²) in [5.41, 5.74) is 0.893. The molecule has 0 aliphatic heterocycles. The van der Waals surface area contributed by atoms with E-state index in [1.54, 1.807) is 36.2 Å². The molecule has 6 heteroatoms. The van der Waals surface area contributed by atoms with Crippen LogP contribution in [0.2, 0.25) is 0 Å². The van der Waals surface area contributed by atoms with Crippen LogP contribution in [0.3, 0.4) is 0 Å². The lowest BCUT2D eigenvalue weighted by Gasteiger charge is -2.14.